The van der Waals surface area contributed by atoms with Crippen molar-refractivity contribution in [3.8, 4) is 0 Å². The van der Waals surface area contributed by atoms with Crippen LogP contribution in [0.5, 0.6) is 0 Å². The third-order valence-electron chi connectivity index (χ3n) is 3.11. The molecular weight excluding hydrogens is 286 g/mol. The molecule has 0 spiro atoms. The summed E-state index contributed by atoms with van der Waals surface area (Å²) in [6.07, 6.45) is 5.85. The van der Waals surface area contributed by atoms with Crippen LogP contribution in [0.1, 0.15) is 38.2 Å². The number of benzene rings is 1. The van der Waals surface area contributed by atoms with Crippen LogP contribution >= 0.6 is 0 Å². The number of fused-ring (bicyclic) bond motifs is 1. The van der Waals surface area contributed by atoms with E-state index in [2.05, 4.69) is 32.6 Å². The van der Waals surface area contributed by atoms with Gasteiger partial charge in [0, 0.05) is 17.8 Å². The Morgan fingerprint density at radius 3 is 3.14 bits per heavy atom. The van der Waals surface area contributed by atoms with E-state index in [0.717, 1.165) is 19.3 Å². The molecule has 0 saturated carbocycles. The summed E-state index contributed by atoms with van der Waals surface area (Å²) >= 11 is 0. The highest BCUT2D eigenvalue weighted by atomic mass is 16.8. The third-order valence-corrected chi connectivity index (χ3v) is 3.11. The number of unbranched alkanes of at least 4 members (excludes halogenated alkanes) is 3. The minimum atomic E-state index is -0.349. The van der Waals surface area contributed by atoms with Crippen LogP contribution in [0, 0.1) is 5.21 Å². The van der Waals surface area contributed by atoms with E-state index >= 15 is 0 Å². The van der Waals surface area contributed by atoms with Crippen molar-refractivity contribution in [2.24, 2.45) is 5.10 Å². The van der Waals surface area contributed by atoms with E-state index in [0.29, 0.717) is 28.0 Å². The number of hydrazone groups is 1. The lowest BCUT2D eigenvalue weighted by molar-refractivity contribution is -0.782. The Morgan fingerprint density at radius 2 is 2.32 bits per heavy atom. The lowest BCUT2D eigenvalue weighted by atomic mass is 10.2. The van der Waals surface area contributed by atoms with Crippen LogP contribution in [0.4, 0.5) is 4.79 Å². The van der Waals surface area contributed by atoms with Gasteiger partial charge in [-0.15, -0.1) is 0 Å². The van der Waals surface area contributed by atoms with Gasteiger partial charge in [0.1, 0.15) is 0 Å². The first-order chi connectivity index (χ1) is 10.7. The van der Waals surface area contributed by atoms with Gasteiger partial charge in [0.15, 0.2) is 0 Å². The molecule has 0 bridgehead atoms. The number of rotatable bonds is 7. The van der Waals surface area contributed by atoms with E-state index in [-0.39, 0.29) is 6.03 Å². The van der Waals surface area contributed by atoms with Crippen molar-refractivity contribution in [1.82, 2.24) is 15.9 Å². The van der Waals surface area contributed by atoms with E-state index in [4.69, 9.17) is 0 Å². The third kappa shape index (κ3) is 4.44. The van der Waals surface area contributed by atoms with Crippen LogP contribution in [-0.4, -0.2) is 23.9 Å². The Morgan fingerprint density at radius 1 is 1.45 bits per heavy atom. The Bertz CT molecular complexity index is 653. The van der Waals surface area contributed by atoms with Crippen molar-refractivity contribution in [2.45, 2.75) is 32.6 Å². The monoisotopic (exact) mass is 305 g/mol. The molecule has 8 nitrogen and oxygen atoms in total. The summed E-state index contributed by atoms with van der Waals surface area (Å²) in [4.78, 5) is 11.8. The zero-order valence-electron chi connectivity index (χ0n) is 12.4. The van der Waals surface area contributed by atoms with Gasteiger partial charge in [-0.25, -0.2) is 10.2 Å². The Hall–Kier alpha value is -2.64. The predicted octanol–water partition coefficient (Wildman–Crippen LogP) is 1.67. The molecule has 0 radical (unpaired) electrons. The van der Waals surface area contributed by atoms with Crippen molar-refractivity contribution < 1.29 is 14.3 Å². The van der Waals surface area contributed by atoms with E-state index in [1.165, 1.54) is 12.6 Å². The largest absolute Gasteiger partial charge is 0.359 e. The van der Waals surface area contributed by atoms with Crippen molar-refractivity contribution in [3.05, 3.63) is 29.0 Å². The summed E-state index contributed by atoms with van der Waals surface area (Å²) in [5.74, 6) is 0. The van der Waals surface area contributed by atoms with Crippen LogP contribution < -0.4 is 15.6 Å². The number of nitrogens with one attached hydrogen (secondary N) is 2. The van der Waals surface area contributed by atoms with Gasteiger partial charge in [0.2, 0.25) is 11.0 Å². The molecule has 0 aliphatic rings. The second-order valence-corrected chi connectivity index (χ2v) is 4.86. The van der Waals surface area contributed by atoms with Crippen LogP contribution in [-0.2, 0) is 0 Å². The molecular formula is C14H19N5O3. The fourth-order valence-corrected chi connectivity index (χ4v) is 1.93. The summed E-state index contributed by atoms with van der Waals surface area (Å²) in [6, 6.07) is 4.59. The molecule has 118 valence electrons. The Labute approximate surface area is 127 Å². The topological polar surface area (TPSA) is 106 Å². The second kappa shape index (κ2) is 7.96. The fourth-order valence-electron chi connectivity index (χ4n) is 1.93. The standard InChI is InChI=1S/C14H19N5O3/c1-2-3-4-5-8-15-14(20)17-16-10-11-6-7-12-13(9-11)19(21)22-18-12/h6-7,9-10H,2-5,8H2,1H3,(H2,15,17,20)/b16-10+. The van der Waals surface area contributed by atoms with E-state index in [1.54, 1.807) is 18.2 Å². The molecule has 0 aliphatic heterocycles. The SMILES string of the molecule is CCCCCCNC(=O)N/N=C/c1ccc2no[n+]([O-])c2c1. The number of nitrogens with zero attached hydrogens (tertiary/aromatic N) is 3. The summed E-state index contributed by atoms with van der Waals surface area (Å²) in [6.45, 7) is 2.77. The molecule has 0 fully saturated rings. The summed E-state index contributed by atoms with van der Waals surface area (Å²) in [5.41, 5.74) is 3.80. The molecule has 2 N–H and O–H groups in total. The van der Waals surface area contributed by atoms with Crippen LogP contribution in [0.2, 0.25) is 0 Å². The number of hydrogen-bond acceptors (Lipinski definition) is 5. The van der Waals surface area contributed by atoms with Gasteiger partial charge in [0.25, 0.3) is 0 Å². The maximum Gasteiger partial charge on any atom is 0.335 e. The molecule has 0 unspecified atom stereocenters. The molecule has 2 amide bonds. The number of aromatic nitrogens is 2. The van der Waals surface area contributed by atoms with Gasteiger partial charge < -0.3 is 10.5 Å². The van der Waals surface area contributed by atoms with E-state index in [9.17, 15) is 10.0 Å². The molecule has 8 heteroatoms. The van der Waals surface area contributed by atoms with Crippen molar-refractivity contribution in [2.75, 3.05) is 6.54 Å². The predicted molar refractivity (Wildman–Crippen MR) is 81.2 cm³/mol. The molecule has 1 heterocycles. The van der Waals surface area contributed by atoms with Gasteiger partial charge in [0.05, 0.1) is 6.21 Å². The molecule has 1 aromatic carbocycles. The smallest absolute Gasteiger partial charge is 0.335 e. The molecule has 0 atom stereocenters. The van der Waals surface area contributed by atoms with Gasteiger partial charge in [-0.05, 0) is 29.0 Å². The maximum atomic E-state index is 11.5. The van der Waals surface area contributed by atoms with Crippen molar-refractivity contribution >= 4 is 23.3 Å². The number of hydrogen-bond donors (Lipinski definition) is 2. The molecule has 22 heavy (non-hydrogen) atoms. The highest BCUT2D eigenvalue weighted by molar-refractivity contribution is 5.86. The Kier molecular flexibility index (Phi) is 5.70. The quantitative estimate of drug-likeness (QED) is 0.351. The first kappa shape index (κ1) is 15.7. The van der Waals surface area contributed by atoms with Crippen LogP contribution in [0.3, 0.4) is 0 Å². The number of carbonyl (C=O) groups is 1. The number of carbonyl (C=O) groups excluding carboxylic acids is 1. The minimum Gasteiger partial charge on any atom is -0.359 e. The van der Waals surface area contributed by atoms with Gasteiger partial charge in [-0.1, -0.05) is 26.2 Å². The molecule has 2 aromatic rings. The normalized spacial score (nSPS) is 11.1. The zero-order valence-corrected chi connectivity index (χ0v) is 12.4. The maximum absolute atomic E-state index is 11.5. The summed E-state index contributed by atoms with van der Waals surface area (Å²) in [5, 5.41) is 21.4. The minimum absolute atomic E-state index is 0.310. The molecule has 0 saturated heterocycles. The zero-order chi connectivity index (χ0) is 15.8. The lowest BCUT2D eigenvalue weighted by Gasteiger charge is -2.03. The summed E-state index contributed by atoms with van der Waals surface area (Å²) in [7, 11) is 0. The number of amides is 2. The first-order valence-electron chi connectivity index (χ1n) is 7.27. The highest BCUT2D eigenvalue weighted by Gasteiger charge is 2.08. The molecule has 2 rings (SSSR count). The van der Waals surface area contributed by atoms with Gasteiger partial charge in [-0.2, -0.15) is 5.10 Å². The molecule has 0 aliphatic carbocycles. The van der Waals surface area contributed by atoms with Crippen LogP contribution in [0.15, 0.2) is 27.9 Å². The lowest BCUT2D eigenvalue weighted by Crippen LogP contribution is -2.32. The molecule has 1 aromatic heterocycles. The average molecular weight is 305 g/mol. The second-order valence-electron chi connectivity index (χ2n) is 4.86. The van der Waals surface area contributed by atoms with Crippen LogP contribution in [0.25, 0.3) is 11.0 Å². The van der Waals surface area contributed by atoms with Gasteiger partial charge >= 0.3 is 6.03 Å². The van der Waals surface area contributed by atoms with Crippen molar-refractivity contribution in [3.63, 3.8) is 0 Å². The van der Waals surface area contributed by atoms with E-state index < -0.39 is 0 Å². The Balaban J connectivity index is 1.78. The average Bonchev–Trinajstić information content (AvgIpc) is 2.88. The highest BCUT2D eigenvalue weighted by Crippen LogP contribution is 2.08. The first-order valence-corrected chi connectivity index (χ1v) is 7.27. The van der Waals surface area contributed by atoms with E-state index in [1.807, 2.05) is 0 Å². The van der Waals surface area contributed by atoms with Crippen molar-refractivity contribution in [1.29, 1.82) is 0 Å². The van der Waals surface area contributed by atoms with Gasteiger partial charge in [-0.3, -0.25) is 4.63 Å². The summed E-state index contributed by atoms with van der Waals surface area (Å²) < 4.78 is 4.47. The fraction of sp³-hybridized carbons (Fsp3) is 0.429. The number of urea groups is 1.